The van der Waals surface area contributed by atoms with Gasteiger partial charge >= 0.3 is 5.97 Å². The Kier molecular flexibility index (Phi) is 2.19. The van der Waals surface area contributed by atoms with E-state index in [1.54, 1.807) is 0 Å². The van der Waals surface area contributed by atoms with Gasteiger partial charge in [-0.15, -0.1) is 11.6 Å². The lowest BCUT2D eigenvalue weighted by Gasteiger charge is -2.08. The first kappa shape index (κ1) is 7.86. The summed E-state index contributed by atoms with van der Waals surface area (Å²) in [5, 5.41) is 0. The lowest BCUT2D eigenvalue weighted by atomic mass is 10.1. The summed E-state index contributed by atoms with van der Waals surface area (Å²) in [4.78, 5) is 11.1. The molecule has 1 aliphatic carbocycles. The summed E-state index contributed by atoms with van der Waals surface area (Å²) in [6.45, 7) is 2.26. The molecule has 1 rings (SSSR count). The summed E-state index contributed by atoms with van der Waals surface area (Å²) in [6.07, 6.45) is 1.80. The maximum Gasteiger partial charge on any atom is 0.313 e. The Balaban J connectivity index is 2.40. The molecule has 0 aromatic rings. The van der Waals surface area contributed by atoms with Gasteiger partial charge in [-0.2, -0.15) is 0 Å². The van der Waals surface area contributed by atoms with E-state index in [1.165, 1.54) is 0 Å². The van der Waals surface area contributed by atoms with Gasteiger partial charge in [0.25, 0.3) is 0 Å². The predicted octanol–water partition coefficient (Wildman–Crippen LogP) is 1.57. The van der Waals surface area contributed by atoms with Gasteiger partial charge < -0.3 is 4.74 Å². The molecule has 0 N–H and O–H groups in total. The molecule has 1 aliphatic rings. The summed E-state index contributed by atoms with van der Waals surface area (Å²) in [5.41, 5.74) is -0.294. The van der Waals surface area contributed by atoms with Crippen LogP contribution >= 0.6 is 11.6 Å². The SMILES string of the molecule is CCOC(=O)C1(CCl)CC1. The summed E-state index contributed by atoms with van der Waals surface area (Å²) in [6, 6.07) is 0. The van der Waals surface area contributed by atoms with E-state index in [9.17, 15) is 4.79 Å². The van der Waals surface area contributed by atoms with Crippen molar-refractivity contribution < 1.29 is 9.53 Å². The minimum absolute atomic E-state index is 0.120. The third-order valence-corrected chi connectivity index (χ3v) is 2.33. The Morgan fingerprint density at radius 3 is 2.60 bits per heavy atom. The van der Waals surface area contributed by atoms with Gasteiger partial charge in [0.05, 0.1) is 12.0 Å². The molecule has 0 unspecified atom stereocenters. The van der Waals surface area contributed by atoms with Crippen LogP contribution in [0.1, 0.15) is 19.8 Å². The molecule has 0 radical (unpaired) electrons. The zero-order chi connectivity index (χ0) is 7.61. The molecule has 0 aliphatic heterocycles. The molecule has 0 aromatic heterocycles. The van der Waals surface area contributed by atoms with Gasteiger partial charge in [0.2, 0.25) is 0 Å². The van der Waals surface area contributed by atoms with E-state index in [4.69, 9.17) is 16.3 Å². The number of esters is 1. The number of carbonyl (C=O) groups excluding carboxylic acids is 1. The number of alkyl halides is 1. The minimum atomic E-state index is -0.294. The van der Waals surface area contributed by atoms with Crippen molar-refractivity contribution in [3.8, 4) is 0 Å². The zero-order valence-electron chi connectivity index (χ0n) is 6.02. The fourth-order valence-electron chi connectivity index (χ4n) is 0.827. The van der Waals surface area contributed by atoms with Crippen LogP contribution in [0.15, 0.2) is 0 Å². The van der Waals surface area contributed by atoms with E-state index in [0.29, 0.717) is 12.5 Å². The largest absolute Gasteiger partial charge is 0.466 e. The van der Waals surface area contributed by atoms with Crippen LogP contribution in [0, 0.1) is 5.41 Å². The van der Waals surface area contributed by atoms with Gasteiger partial charge in [-0.3, -0.25) is 4.79 Å². The summed E-state index contributed by atoms with van der Waals surface area (Å²) < 4.78 is 4.84. The second-order valence-corrected chi connectivity index (χ2v) is 2.90. The molecule has 3 heteroatoms. The number of hydrogen-bond acceptors (Lipinski definition) is 2. The third kappa shape index (κ3) is 1.26. The van der Waals surface area contributed by atoms with Crippen LogP contribution in [0.4, 0.5) is 0 Å². The third-order valence-electron chi connectivity index (χ3n) is 1.82. The Morgan fingerprint density at radius 1 is 1.70 bits per heavy atom. The van der Waals surface area contributed by atoms with E-state index < -0.39 is 0 Å². The molecule has 1 fully saturated rings. The number of rotatable bonds is 3. The van der Waals surface area contributed by atoms with Crippen molar-refractivity contribution in [2.24, 2.45) is 5.41 Å². The summed E-state index contributed by atoms with van der Waals surface area (Å²) >= 11 is 5.59. The zero-order valence-corrected chi connectivity index (χ0v) is 6.78. The topological polar surface area (TPSA) is 26.3 Å². The molecule has 0 amide bonds. The monoisotopic (exact) mass is 162 g/mol. The second-order valence-electron chi connectivity index (χ2n) is 2.63. The van der Waals surface area contributed by atoms with E-state index in [-0.39, 0.29) is 11.4 Å². The van der Waals surface area contributed by atoms with Crippen molar-refractivity contribution in [2.75, 3.05) is 12.5 Å². The second kappa shape index (κ2) is 2.79. The van der Waals surface area contributed by atoms with Crippen molar-refractivity contribution in [1.29, 1.82) is 0 Å². The first-order valence-corrected chi connectivity index (χ1v) is 4.02. The Hall–Kier alpha value is -0.240. The van der Waals surface area contributed by atoms with Crippen LogP contribution in [-0.2, 0) is 9.53 Å². The summed E-state index contributed by atoms with van der Waals surface area (Å²) in [7, 11) is 0. The van der Waals surface area contributed by atoms with Gasteiger partial charge in [0.1, 0.15) is 0 Å². The maximum absolute atomic E-state index is 11.1. The highest BCUT2D eigenvalue weighted by atomic mass is 35.5. The van der Waals surface area contributed by atoms with Gasteiger partial charge in [-0.25, -0.2) is 0 Å². The van der Waals surface area contributed by atoms with E-state index in [1.807, 2.05) is 6.92 Å². The number of ether oxygens (including phenoxy) is 1. The molecule has 0 saturated heterocycles. The lowest BCUT2D eigenvalue weighted by Crippen LogP contribution is -2.20. The van der Waals surface area contributed by atoms with Crippen LogP contribution in [0.5, 0.6) is 0 Å². The number of hydrogen-bond donors (Lipinski definition) is 0. The number of halogens is 1. The number of carbonyl (C=O) groups is 1. The first-order valence-electron chi connectivity index (χ1n) is 3.48. The molecular weight excluding hydrogens is 152 g/mol. The fraction of sp³-hybridized carbons (Fsp3) is 0.857. The van der Waals surface area contributed by atoms with Crippen LogP contribution in [0.25, 0.3) is 0 Å². The van der Waals surface area contributed by atoms with E-state index in [2.05, 4.69) is 0 Å². The van der Waals surface area contributed by atoms with Crippen molar-refractivity contribution >= 4 is 17.6 Å². The van der Waals surface area contributed by atoms with Crippen molar-refractivity contribution in [1.82, 2.24) is 0 Å². The molecule has 10 heavy (non-hydrogen) atoms. The molecule has 0 atom stereocenters. The highest BCUT2D eigenvalue weighted by molar-refractivity contribution is 6.20. The average Bonchev–Trinajstić information content (AvgIpc) is 2.68. The van der Waals surface area contributed by atoms with E-state index >= 15 is 0 Å². The van der Waals surface area contributed by atoms with Crippen LogP contribution in [0.3, 0.4) is 0 Å². The van der Waals surface area contributed by atoms with Gasteiger partial charge in [-0.05, 0) is 19.8 Å². The van der Waals surface area contributed by atoms with Crippen molar-refractivity contribution in [3.63, 3.8) is 0 Å². The van der Waals surface area contributed by atoms with Gasteiger partial charge in [-0.1, -0.05) is 0 Å². The standard InChI is InChI=1S/C7H11ClO2/c1-2-10-6(9)7(5-8)3-4-7/h2-5H2,1H3. The minimum Gasteiger partial charge on any atom is -0.466 e. The molecular formula is C7H11ClO2. The molecule has 58 valence electrons. The average molecular weight is 163 g/mol. The smallest absolute Gasteiger partial charge is 0.313 e. The van der Waals surface area contributed by atoms with E-state index in [0.717, 1.165) is 12.8 Å². The Morgan fingerprint density at radius 2 is 2.30 bits per heavy atom. The van der Waals surface area contributed by atoms with Gasteiger partial charge in [0.15, 0.2) is 0 Å². The normalized spacial score (nSPS) is 20.2. The van der Waals surface area contributed by atoms with Crippen LogP contribution in [-0.4, -0.2) is 18.5 Å². The van der Waals surface area contributed by atoms with Crippen LogP contribution < -0.4 is 0 Å². The molecule has 0 aromatic carbocycles. The van der Waals surface area contributed by atoms with Crippen molar-refractivity contribution in [3.05, 3.63) is 0 Å². The summed E-state index contributed by atoms with van der Waals surface area (Å²) in [5.74, 6) is 0.288. The first-order chi connectivity index (χ1) is 4.75. The predicted molar refractivity (Wildman–Crippen MR) is 39.0 cm³/mol. The molecule has 0 bridgehead atoms. The highest BCUT2D eigenvalue weighted by Crippen LogP contribution is 2.47. The maximum atomic E-state index is 11.1. The Labute approximate surface area is 65.5 Å². The quantitative estimate of drug-likeness (QED) is 0.465. The molecule has 2 nitrogen and oxygen atoms in total. The Bertz CT molecular complexity index is 141. The lowest BCUT2D eigenvalue weighted by molar-refractivity contribution is -0.148. The molecule has 0 heterocycles. The van der Waals surface area contributed by atoms with Crippen LogP contribution in [0.2, 0.25) is 0 Å². The van der Waals surface area contributed by atoms with Crippen molar-refractivity contribution in [2.45, 2.75) is 19.8 Å². The fourth-order valence-corrected chi connectivity index (χ4v) is 1.20. The molecule has 0 spiro atoms. The van der Waals surface area contributed by atoms with Gasteiger partial charge in [0, 0.05) is 5.88 Å². The molecule has 1 saturated carbocycles. The highest BCUT2D eigenvalue weighted by Gasteiger charge is 2.50.